The summed E-state index contributed by atoms with van der Waals surface area (Å²) in [6.07, 6.45) is 6.18. The third-order valence-electron chi connectivity index (χ3n) is 2.31. The molecule has 2 aromatic rings. The molecule has 0 amide bonds. The Morgan fingerprint density at radius 2 is 2.20 bits per heavy atom. The molecule has 1 atom stereocenters. The molecule has 0 saturated heterocycles. The van der Waals surface area contributed by atoms with Gasteiger partial charge in [-0.2, -0.15) is 0 Å². The molecule has 4 nitrogen and oxygen atoms in total. The summed E-state index contributed by atoms with van der Waals surface area (Å²) in [6, 6.07) is 1.91. The van der Waals surface area contributed by atoms with Gasteiger partial charge in [0.2, 0.25) is 0 Å². The van der Waals surface area contributed by atoms with Crippen LogP contribution in [-0.2, 0) is 7.05 Å². The van der Waals surface area contributed by atoms with Gasteiger partial charge in [0.05, 0.1) is 0 Å². The van der Waals surface area contributed by atoms with E-state index in [1.54, 1.807) is 23.2 Å². The summed E-state index contributed by atoms with van der Waals surface area (Å²) >= 11 is 0. The lowest BCUT2D eigenvalue weighted by atomic mass is 10.1. The summed E-state index contributed by atoms with van der Waals surface area (Å²) < 4.78 is 1.80. The Kier molecular flexibility index (Phi) is 2.51. The maximum absolute atomic E-state index is 10.1. The van der Waals surface area contributed by atoms with Crippen LogP contribution in [0.1, 0.15) is 23.1 Å². The first-order chi connectivity index (χ1) is 7.18. The van der Waals surface area contributed by atoms with Crippen molar-refractivity contribution in [2.45, 2.75) is 13.0 Å². The van der Waals surface area contributed by atoms with E-state index in [-0.39, 0.29) is 0 Å². The molecule has 0 aromatic carbocycles. The molecule has 1 unspecified atom stereocenters. The van der Waals surface area contributed by atoms with E-state index >= 15 is 0 Å². The zero-order chi connectivity index (χ0) is 10.8. The molecule has 78 valence electrons. The summed E-state index contributed by atoms with van der Waals surface area (Å²) in [4.78, 5) is 8.15. The maximum atomic E-state index is 10.1. The van der Waals surface area contributed by atoms with Gasteiger partial charge < -0.3 is 9.67 Å². The molecule has 0 saturated carbocycles. The van der Waals surface area contributed by atoms with Crippen LogP contribution in [0.25, 0.3) is 0 Å². The molecule has 0 spiro atoms. The van der Waals surface area contributed by atoms with Gasteiger partial charge in [0.1, 0.15) is 11.9 Å². The Labute approximate surface area is 88.2 Å². The second-order valence-corrected chi connectivity index (χ2v) is 3.59. The van der Waals surface area contributed by atoms with Gasteiger partial charge in [0.25, 0.3) is 0 Å². The topological polar surface area (TPSA) is 50.9 Å². The molecule has 0 aliphatic carbocycles. The van der Waals surface area contributed by atoms with Crippen LogP contribution in [0, 0.1) is 6.92 Å². The highest BCUT2D eigenvalue weighted by Crippen LogP contribution is 2.19. The van der Waals surface area contributed by atoms with Crippen molar-refractivity contribution in [3.63, 3.8) is 0 Å². The minimum absolute atomic E-state index is 0.627. The van der Waals surface area contributed by atoms with Crippen molar-refractivity contribution in [3.8, 4) is 0 Å². The second kappa shape index (κ2) is 3.82. The van der Waals surface area contributed by atoms with E-state index in [1.165, 1.54) is 0 Å². The zero-order valence-electron chi connectivity index (χ0n) is 8.75. The van der Waals surface area contributed by atoms with Crippen LogP contribution < -0.4 is 0 Å². The highest BCUT2D eigenvalue weighted by atomic mass is 16.3. The number of nitrogens with zero attached hydrogens (tertiary/aromatic N) is 3. The van der Waals surface area contributed by atoms with Crippen LogP contribution in [0.2, 0.25) is 0 Å². The van der Waals surface area contributed by atoms with Crippen LogP contribution in [-0.4, -0.2) is 19.6 Å². The van der Waals surface area contributed by atoms with Gasteiger partial charge in [0.15, 0.2) is 0 Å². The monoisotopic (exact) mass is 203 g/mol. The van der Waals surface area contributed by atoms with E-state index in [0.29, 0.717) is 5.82 Å². The smallest absolute Gasteiger partial charge is 0.142 e. The third kappa shape index (κ3) is 1.89. The van der Waals surface area contributed by atoms with E-state index in [1.807, 2.05) is 26.2 Å². The summed E-state index contributed by atoms with van der Waals surface area (Å²) in [5, 5.41) is 10.1. The Bertz CT molecular complexity index is 464. The van der Waals surface area contributed by atoms with E-state index in [9.17, 15) is 5.11 Å². The van der Waals surface area contributed by atoms with E-state index < -0.39 is 6.10 Å². The molecular weight excluding hydrogens is 190 g/mol. The Hall–Kier alpha value is -1.68. The largest absolute Gasteiger partial charge is 0.380 e. The van der Waals surface area contributed by atoms with Crippen molar-refractivity contribution in [2.75, 3.05) is 0 Å². The highest BCUT2D eigenvalue weighted by molar-refractivity contribution is 5.23. The lowest BCUT2D eigenvalue weighted by molar-refractivity contribution is 0.205. The zero-order valence-corrected chi connectivity index (χ0v) is 8.75. The molecule has 1 N–H and O–H groups in total. The van der Waals surface area contributed by atoms with Gasteiger partial charge in [-0.3, -0.25) is 4.98 Å². The maximum Gasteiger partial charge on any atom is 0.142 e. The SMILES string of the molecule is Cc1cncc(C(O)c2nccn2C)c1. The lowest BCUT2D eigenvalue weighted by Gasteiger charge is -2.10. The van der Waals surface area contributed by atoms with E-state index in [2.05, 4.69) is 9.97 Å². The van der Waals surface area contributed by atoms with Gasteiger partial charge in [0, 0.05) is 37.4 Å². The normalized spacial score (nSPS) is 12.7. The molecule has 0 aliphatic rings. The van der Waals surface area contributed by atoms with Gasteiger partial charge in [-0.05, 0) is 18.6 Å². The lowest BCUT2D eigenvalue weighted by Crippen LogP contribution is -2.07. The fourth-order valence-corrected chi connectivity index (χ4v) is 1.52. The van der Waals surface area contributed by atoms with Gasteiger partial charge in [-0.25, -0.2) is 4.98 Å². The summed E-state index contributed by atoms with van der Waals surface area (Å²) in [5.74, 6) is 0.627. The minimum Gasteiger partial charge on any atom is -0.380 e. The number of aliphatic hydroxyl groups is 1. The van der Waals surface area contributed by atoms with Crippen molar-refractivity contribution in [2.24, 2.45) is 7.05 Å². The first-order valence-electron chi connectivity index (χ1n) is 4.75. The van der Waals surface area contributed by atoms with Gasteiger partial charge in [-0.15, -0.1) is 0 Å². The van der Waals surface area contributed by atoms with E-state index in [0.717, 1.165) is 11.1 Å². The summed E-state index contributed by atoms with van der Waals surface area (Å²) in [5.41, 5.74) is 1.80. The van der Waals surface area contributed by atoms with Crippen LogP contribution >= 0.6 is 0 Å². The number of hydrogen-bond acceptors (Lipinski definition) is 3. The molecular formula is C11H13N3O. The summed E-state index contributed by atoms with van der Waals surface area (Å²) in [6.45, 7) is 1.95. The highest BCUT2D eigenvalue weighted by Gasteiger charge is 2.14. The fraction of sp³-hybridized carbons (Fsp3) is 0.273. The second-order valence-electron chi connectivity index (χ2n) is 3.59. The van der Waals surface area contributed by atoms with Crippen LogP contribution in [0.3, 0.4) is 0 Å². The number of imidazole rings is 1. The number of pyridine rings is 1. The first kappa shape index (κ1) is 9.86. The number of aliphatic hydroxyl groups excluding tert-OH is 1. The molecule has 2 rings (SSSR count). The van der Waals surface area contributed by atoms with Crippen LogP contribution in [0.5, 0.6) is 0 Å². The number of aryl methyl sites for hydroxylation is 2. The molecule has 15 heavy (non-hydrogen) atoms. The van der Waals surface area contributed by atoms with E-state index in [4.69, 9.17) is 0 Å². The number of hydrogen-bond donors (Lipinski definition) is 1. The molecule has 4 heteroatoms. The van der Waals surface area contributed by atoms with Crippen LogP contribution in [0.15, 0.2) is 30.9 Å². The van der Waals surface area contributed by atoms with Crippen molar-refractivity contribution < 1.29 is 5.11 Å². The number of aromatic nitrogens is 3. The van der Waals surface area contributed by atoms with Gasteiger partial charge in [-0.1, -0.05) is 0 Å². The van der Waals surface area contributed by atoms with Crippen LogP contribution in [0.4, 0.5) is 0 Å². The Morgan fingerprint density at radius 1 is 1.40 bits per heavy atom. The van der Waals surface area contributed by atoms with Gasteiger partial charge >= 0.3 is 0 Å². The van der Waals surface area contributed by atoms with Crippen molar-refractivity contribution in [1.82, 2.24) is 14.5 Å². The average molecular weight is 203 g/mol. The first-order valence-corrected chi connectivity index (χ1v) is 4.75. The number of rotatable bonds is 2. The Balaban J connectivity index is 2.36. The average Bonchev–Trinajstić information content (AvgIpc) is 2.63. The Morgan fingerprint density at radius 3 is 2.80 bits per heavy atom. The molecule has 0 aliphatic heterocycles. The molecule has 0 radical (unpaired) electrons. The fourth-order valence-electron chi connectivity index (χ4n) is 1.52. The summed E-state index contributed by atoms with van der Waals surface area (Å²) in [7, 11) is 1.86. The van der Waals surface area contributed by atoms with Crippen molar-refractivity contribution in [3.05, 3.63) is 47.8 Å². The predicted molar refractivity (Wildman–Crippen MR) is 56.2 cm³/mol. The van der Waals surface area contributed by atoms with Crippen molar-refractivity contribution >= 4 is 0 Å². The molecule has 0 bridgehead atoms. The minimum atomic E-state index is -0.711. The molecule has 2 aromatic heterocycles. The molecule has 2 heterocycles. The van der Waals surface area contributed by atoms with Crippen molar-refractivity contribution in [1.29, 1.82) is 0 Å². The predicted octanol–water partition coefficient (Wildman–Crippen LogP) is 1.21. The quantitative estimate of drug-likeness (QED) is 0.798. The third-order valence-corrected chi connectivity index (χ3v) is 2.31. The molecule has 0 fully saturated rings. The standard InChI is InChI=1S/C11H13N3O/c1-8-5-9(7-12-6-8)10(15)11-13-3-4-14(11)2/h3-7,10,15H,1-2H3.